The number of carboxylic acids is 1. The molecule has 0 aromatic rings. The predicted octanol–water partition coefficient (Wildman–Crippen LogP) is 1.24. The van der Waals surface area contributed by atoms with E-state index in [2.05, 4.69) is 16.6 Å². The first-order valence-corrected chi connectivity index (χ1v) is 3.80. The maximum atomic E-state index is 10.3. The van der Waals surface area contributed by atoms with Crippen molar-refractivity contribution in [1.29, 1.82) is 0 Å². The van der Waals surface area contributed by atoms with Gasteiger partial charge in [-0.3, -0.25) is 4.79 Å². The van der Waals surface area contributed by atoms with Crippen molar-refractivity contribution in [2.75, 3.05) is 7.11 Å². The van der Waals surface area contributed by atoms with E-state index >= 15 is 0 Å². The molecule has 0 aliphatic carbocycles. The highest BCUT2D eigenvalue weighted by Crippen LogP contribution is 1.81. The van der Waals surface area contributed by atoms with E-state index in [4.69, 9.17) is 5.11 Å². The van der Waals surface area contributed by atoms with Gasteiger partial charge >= 0.3 is 5.97 Å². The van der Waals surface area contributed by atoms with Gasteiger partial charge in [-0.2, -0.15) is 0 Å². The maximum Gasteiger partial charge on any atom is 0.330 e. The lowest BCUT2D eigenvalue weighted by molar-refractivity contribution is -0.132. The molecule has 0 aliphatic rings. The number of carbonyl (C=O) groups excluding carboxylic acids is 1. The molecule has 0 radical (unpaired) electrons. The van der Waals surface area contributed by atoms with E-state index in [1.807, 2.05) is 0 Å². The first-order valence-electron chi connectivity index (χ1n) is 3.80. The predicted molar refractivity (Wildman–Crippen MR) is 53.2 cm³/mol. The quantitative estimate of drug-likeness (QED) is 0.423. The van der Waals surface area contributed by atoms with Gasteiger partial charge in [-0.25, -0.2) is 4.79 Å². The molecule has 0 fully saturated rings. The van der Waals surface area contributed by atoms with Crippen LogP contribution in [0.2, 0.25) is 0 Å². The Kier molecular flexibility index (Phi) is 8.46. The summed E-state index contributed by atoms with van der Waals surface area (Å²) < 4.78 is 0. The molecule has 0 bridgehead atoms. The second-order valence-corrected chi connectivity index (χ2v) is 2.50. The van der Waals surface area contributed by atoms with Crippen molar-refractivity contribution in [2.24, 2.45) is 5.16 Å². The third-order valence-corrected chi connectivity index (χ3v) is 1.10. The number of rotatable bonds is 3. The topological polar surface area (TPSA) is 76.0 Å². The molecule has 1 N–H and O–H groups in total. The number of oxime groups is 1. The number of hydrogen-bond acceptors (Lipinski definition) is 4. The number of nitrogens with zero attached hydrogens (tertiary/aromatic N) is 1. The second-order valence-electron chi connectivity index (χ2n) is 2.50. The second kappa shape index (κ2) is 7.97. The van der Waals surface area contributed by atoms with Crippen molar-refractivity contribution < 1.29 is 19.5 Å². The van der Waals surface area contributed by atoms with Crippen LogP contribution >= 0.6 is 0 Å². The third-order valence-electron chi connectivity index (χ3n) is 1.10. The smallest absolute Gasteiger partial charge is 0.330 e. The van der Waals surface area contributed by atoms with Crippen LogP contribution in [0, 0.1) is 0 Å². The average Bonchev–Trinajstić information content (AvgIpc) is 2.05. The summed E-state index contributed by atoms with van der Waals surface area (Å²) in [5.41, 5.74) is 0.572. The zero-order valence-electron chi connectivity index (χ0n) is 8.83. The normalized spacial score (nSPS) is 9.57. The molecule has 0 unspecified atom stereocenters. The van der Waals surface area contributed by atoms with E-state index in [0.717, 1.165) is 0 Å². The Hall–Kier alpha value is -1.65. The number of hydrogen-bond donors (Lipinski definition) is 1. The number of carboxylic acid groups (broad SMARTS) is 1. The standard InChI is InChI=1S/C5H9NO2.C4H6O2/c1-4(5(2)7)6-8-3;1-3(2)4(5)6/h1-3H3;1H2,2H3,(H,5,6). The largest absolute Gasteiger partial charge is 0.478 e. The Morgan fingerprint density at radius 1 is 1.29 bits per heavy atom. The molecule has 80 valence electrons. The van der Waals surface area contributed by atoms with Gasteiger partial charge in [-0.05, 0) is 13.8 Å². The van der Waals surface area contributed by atoms with Crippen molar-refractivity contribution >= 4 is 17.5 Å². The van der Waals surface area contributed by atoms with Gasteiger partial charge in [0, 0.05) is 12.5 Å². The molecular formula is C9H15NO4. The highest BCUT2D eigenvalue weighted by atomic mass is 16.6. The fourth-order valence-electron chi connectivity index (χ4n) is 0.201. The Bertz CT molecular complexity index is 244. The van der Waals surface area contributed by atoms with Crippen LogP contribution in [0.5, 0.6) is 0 Å². The molecule has 0 saturated carbocycles. The van der Waals surface area contributed by atoms with Crippen molar-refractivity contribution in [2.45, 2.75) is 20.8 Å². The summed E-state index contributed by atoms with van der Waals surface area (Å²) in [7, 11) is 1.41. The zero-order valence-corrected chi connectivity index (χ0v) is 8.83. The van der Waals surface area contributed by atoms with E-state index in [-0.39, 0.29) is 11.4 Å². The highest BCUT2D eigenvalue weighted by Gasteiger charge is 1.95. The van der Waals surface area contributed by atoms with E-state index in [9.17, 15) is 9.59 Å². The van der Waals surface area contributed by atoms with Crippen LogP contribution < -0.4 is 0 Å². The Labute approximate surface area is 83.1 Å². The van der Waals surface area contributed by atoms with Crippen LogP contribution in [0.1, 0.15) is 20.8 Å². The van der Waals surface area contributed by atoms with Gasteiger partial charge in [-0.15, -0.1) is 0 Å². The van der Waals surface area contributed by atoms with E-state index in [0.29, 0.717) is 5.71 Å². The SMILES string of the molecule is C=C(C)C(=O)O.CON=C(C)C(C)=O. The summed E-state index contributed by atoms with van der Waals surface area (Å²) in [4.78, 5) is 24.3. The zero-order chi connectivity index (χ0) is 11.7. The molecule has 0 saturated heterocycles. The van der Waals surface area contributed by atoms with Crippen molar-refractivity contribution in [1.82, 2.24) is 0 Å². The molecule has 0 aromatic carbocycles. The molecule has 0 aromatic heterocycles. The van der Waals surface area contributed by atoms with Crippen molar-refractivity contribution in [3.05, 3.63) is 12.2 Å². The van der Waals surface area contributed by atoms with Gasteiger partial charge < -0.3 is 9.94 Å². The van der Waals surface area contributed by atoms with Crippen molar-refractivity contribution in [3.8, 4) is 0 Å². The molecule has 0 spiro atoms. The summed E-state index contributed by atoms with van der Waals surface area (Å²) in [5.74, 6) is -0.998. The molecule has 0 heterocycles. The molecule has 0 atom stereocenters. The summed E-state index contributed by atoms with van der Waals surface area (Å²) in [6.07, 6.45) is 0. The minimum atomic E-state index is -0.935. The lowest BCUT2D eigenvalue weighted by atomic mass is 10.3. The minimum absolute atomic E-state index is 0.0631. The summed E-state index contributed by atoms with van der Waals surface area (Å²) in [6, 6.07) is 0. The van der Waals surface area contributed by atoms with E-state index < -0.39 is 5.97 Å². The third kappa shape index (κ3) is 10.3. The number of aliphatic carboxylic acids is 1. The molecule has 5 nitrogen and oxygen atoms in total. The van der Waals surface area contributed by atoms with Crippen LogP contribution in [-0.4, -0.2) is 29.7 Å². The number of Topliss-reactive ketones (excluding diaryl/α,β-unsaturated/α-hetero) is 1. The average molecular weight is 201 g/mol. The van der Waals surface area contributed by atoms with E-state index in [1.54, 1.807) is 6.92 Å². The molecular weight excluding hydrogens is 186 g/mol. The van der Waals surface area contributed by atoms with Crippen LogP contribution in [-0.2, 0) is 14.4 Å². The van der Waals surface area contributed by atoms with Crippen LogP contribution in [0.3, 0.4) is 0 Å². The van der Waals surface area contributed by atoms with Gasteiger partial charge in [0.05, 0.1) is 0 Å². The summed E-state index contributed by atoms with van der Waals surface area (Å²) >= 11 is 0. The number of ketones is 1. The Morgan fingerprint density at radius 3 is 1.71 bits per heavy atom. The lowest BCUT2D eigenvalue weighted by Crippen LogP contribution is -2.03. The van der Waals surface area contributed by atoms with Gasteiger partial charge in [0.15, 0.2) is 5.78 Å². The molecule has 0 amide bonds. The first kappa shape index (κ1) is 14.9. The monoisotopic (exact) mass is 201 g/mol. The van der Waals surface area contributed by atoms with Gasteiger partial charge in [0.1, 0.15) is 12.8 Å². The van der Waals surface area contributed by atoms with Crippen LogP contribution in [0.25, 0.3) is 0 Å². The van der Waals surface area contributed by atoms with Crippen molar-refractivity contribution in [3.63, 3.8) is 0 Å². The maximum absolute atomic E-state index is 10.3. The van der Waals surface area contributed by atoms with Crippen LogP contribution in [0.4, 0.5) is 0 Å². The summed E-state index contributed by atoms with van der Waals surface area (Å²) in [6.45, 7) is 7.65. The molecule has 14 heavy (non-hydrogen) atoms. The lowest BCUT2D eigenvalue weighted by Gasteiger charge is -1.88. The molecule has 0 aliphatic heterocycles. The fraction of sp³-hybridized carbons (Fsp3) is 0.444. The number of carbonyl (C=O) groups is 2. The minimum Gasteiger partial charge on any atom is -0.478 e. The summed E-state index contributed by atoms with van der Waals surface area (Å²) in [5, 5.41) is 11.3. The van der Waals surface area contributed by atoms with Gasteiger partial charge in [0.2, 0.25) is 0 Å². The van der Waals surface area contributed by atoms with E-state index in [1.165, 1.54) is 21.0 Å². The highest BCUT2D eigenvalue weighted by molar-refractivity contribution is 6.37. The Morgan fingerprint density at radius 2 is 1.64 bits per heavy atom. The Balaban J connectivity index is 0. The molecule has 0 rings (SSSR count). The fourth-order valence-corrected chi connectivity index (χ4v) is 0.201. The van der Waals surface area contributed by atoms with Crippen LogP contribution in [0.15, 0.2) is 17.3 Å². The van der Waals surface area contributed by atoms with Gasteiger partial charge in [-0.1, -0.05) is 11.7 Å². The van der Waals surface area contributed by atoms with Gasteiger partial charge in [0.25, 0.3) is 0 Å². The molecule has 5 heteroatoms. The first-order chi connectivity index (χ1) is 6.32.